The van der Waals surface area contributed by atoms with Crippen LogP contribution in [-0.2, 0) is 0 Å². The van der Waals surface area contributed by atoms with Crippen LogP contribution < -0.4 is 15.8 Å². The number of fused-ring (bicyclic) bond motifs is 1. The van der Waals surface area contributed by atoms with Gasteiger partial charge < -0.3 is 15.8 Å². The number of hydrogen-bond acceptors (Lipinski definition) is 4. The summed E-state index contributed by atoms with van der Waals surface area (Å²) < 4.78 is 31.5. The summed E-state index contributed by atoms with van der Waals surface area (Å²) in [6, 6.07) is 9.67. The monoisotopic (exact) mass is 398 g/mol. The van der Waals surface area contributed by atoms with Crippen LogP contribution in [0.3, 0.4) is 0 Å². The molecule has 1 amide bonds. The molecule has 3 aromatic rings. The number of hydrogen-bond donors (Lipinski definition) is 2. The van der Waals surface area contributed by atoms with E-state index in [2.05, 4.69) is 15.3 Å². The Kier molecular flexibility index (Phi) is 5.45. The number of nitrogens with two attached hydrogens (primary N) is 1. The van der Waals surface area contributed by atoms with Crippen molar-refractivity contribution < 1.29 is 18.3 Å². The van der Waals surface area contributed by atoms with Crippen molar-refractivity contribution in [1.82, 2.24) is 4.98 Å². The number of rotatable bonds is 5. The maximum absolute atomic E-state index is 13.4. The predicted octanol–water partition coefficient (Wildman–Crippen LogP) is 4.80. The molecule has 0 radical (unpaired) electrons. The lowest BCUT2D eigenvalue weighted by Crippen LogP contribution is -2.21. The molecule has 3 rings (SSSR count). The summed E-state index contributed by atoms with van der Waals surface area (Å²) in [5.74, 6) is -0.394. The normalized spacial score (nSPS) is 12.1. The van der Waals surface area contributed by atoms with Gasteiger partial charge in [0.2, 0.25) is 5.91 Å². The zero-order chi connectivity index (χ0) is 21.2. The zero-order valence-corrected chi connectivity index (χ0v) is 16.2. The summed E-state index contributed by atoms with van der Waals surface area (Å²) in [6.45, 7) is 4.24. The molecule has 0 aliphatic rings. The van der Waals surface area contributed by atoms with Gasteiger partial charge in [0.25, 0.3) is 0 Å². The largest absolute Gasteiger partial charge is 0.431 e. The van der Waals surface area contributed by atoms with E-state index < -0.39 is 12.0 Å². The zero-order valence-electron chi connectivity index (χ0n) is 16.2. The number of carbonyl (C=O) groups is 1. The van der Waals surface area contributed by atoms with Crippen molar-refractivity contribution >= 4 is 33.9 Å². The van der Waals surface area contributed by atoms with Crippen LogP contribution in [0, 0.1) is 6.92 Å². The first-order valence-corrected chi connectivity index (χ1v) is 8.80. The van der Waals surface area contributed by atoms with Gasteiger partial charge in [-0.1, -0.05) is 12.1 Å². The van der Waals surface area contributed by atoms with Crippen molar-refractivity contribution in [3.8, 4) is 5.75 Å². The minimum Gasteiger partial charge on any atom is -0.431 e. The molecular weight excluding hydrogens is 378 g/mol. The lowest BCUT2D eigenvalue weighted by molar-refractivity contribution is -0.158. The molecule has 0 aliphatic heterocycles. The van der Waals surface area contributed by atoms with Crippen LogP contribution in [0.2, 0.25) is 0 Å². The number of halogens is 2. The maximum atomic E-state index is 13.4. The summed E-state index contributed by atoms with van der Waals surface area (Å²) in [5, 5.41) is 4.77. The third-order valence-electron chi connectivity index (χ3n) is 4.14. The summed E-state index contributed by atoms with van der Waals surface area (Å²) >= 11 is 0. The summed E-state index contributed by atoms with van der Waals surface area (Å²) in [4.78, 5) is 20.2. The van der Waals surface area contributed by atoms with Gasteiger partial charge in [-0.15, -0.1) is 0 Å². The van der Waals surface area contributed by atoms with E-state index in [1.165, 1.54) is 18.2 Å². The number of alkyl halides is 2. The molecule has 1 heterocycles. The van der Waals surface area contributed by atoms with E-state index in [4.69, 9.17) is 10.5 Å². The molecule has 2 aromatic carbocycles. The molecule has 1 aromatic heterocycles. The van der Waals surface area contributed by atoms with E-state index in [0.717, 1.165) is 22.0 Å². The van der Waals surface area contributed by atoms with E-state index in [1.54, 1.807) is 19.3 Å². The SMILES string of the molecule is CC(=Nc1c(C)ccc2cnccc12)Nc1cc(C(N)=O)ccc1OC(C)(F)F. The third kappa shape index (κ3) is 4.84. The fourth-order valence-corrected chi connectivity index (χ4v) is 2.86. The van der Waals surface area contributed by atoms with Crippen molar-refractivity contribution in [1.29, 1.82) is 0 Å². The van der Waals surface area contributed by atoms with Gasteiger partial charge >= 0.3 is 6.11 Å². The van der Waals surface area contributed by atoms with Crippen LogP contribution in [0.25, 0.3) is 10.8 Å². The van der Waals surface area contributed by atoms with Crippen LogP contribution in [0.1, 0.15) is 29.8 Å². The number of aromatic nitrogens is 1. The van der Waals surface area contributed by atoms with E-state index in [1.807, 2.05) is 25.1 Å². The molecule has 0 unspecified atom stereocenters. The van der Waals surface area contributed by atoms with E-state index in [-0.39, 0.29) is 17.0 Å². The molecule has 0 aliphatic carbocycles. The van der Waals surface area contributed by atoms with Gasteiger partial charge in [0.1, 0.15) is 11.6 Å². The first-order valence-electron chi connectivity index (χ1n) is 8.80. The lowest BCUT2D eigenvalue weighted by atomic mass is 10.1. The molecule has 0 spiro atoms. The molecule has 6 nitrogen and oxygen atoms in total. The number of amides is 1. The number of aliphatic imine (C=N–C) groups is 1. The highest BCUT2D eigenvalue weighted by Crippen LogP contribution is 2.32. The standard InChI is InChI=1S/C21H20F2N4O2/c1-12-4-5-15-11-25-9-8-16(15)19(12)27-13(2)26-17-10-14(20(24)28)6-7-18(17)29-21(3,22)23/h4-11H,1-3H3,(H2,24,28)(H,26,27). The summed E-state index contributed by atoms with van der Waals surface area (Å²) in [7, 11) is 0. The van der Waals surface area contributed by atoms with Crippen molar-refractivity contribution in [3.05, 3.63) is 59.9 Å². The van der Waals surface area contributed by atoms with Crippen LogP contribution in [0.15, 0.2) is 53.8 Å². The van der Waals surface area contributed by atoms with Gasteiger partial charge in [0, 0.05) is 35.7 Å². The van der Waals surface area contributed by atoms with Gasteiger partial charge in [-0.05, 0) is 43.7 Å². The van der Waals surface area contributed by atoms with Gasteiger partial charge in [0.05, 0.1) is 11.4 Å². The number of nitrogens with one attached hydrogen (secondary N) is 1. The van der Waals surface area contributed by atoms with E-state index in [0.29, 0.717) is 12.8 Å². The molecule has 3 N–H and O–H groups in total. The molecule has 0 atom stereocenters. The van der Waals surface area contributed by atoms with Gasteiger partial charge in [-0.25, -0.2) is 4.99 Å². The van der Waals surface area contributed by atoms with Crippen LogP contribution in [0.4, 0.5) is 20.2 Å². The highest BCUT2D eigenvalue weighted by molar-refractivity contribution is 6.02. The number of benzene rings is 2. The second-order valence-electron chi connectivity index (χ2n) is 6.64. The average Bonchev–Trinajstić information content (AvgIpc) is 2.64. The smallest absolute Gasteiger partial charge is 0.394 e. The van der Waals surface area contributed by atoms with Crippen LogP contribution in [0.5, 0.6) is 5.75 Å². The molecule has 0 saturated heterocycles. The predicted molar refractivity (Wildman–Crippen MR) is 109 cm³/mol. The number of aryl methyl sites for hydroxylation is 1. The number of ether oxygens (including phenoxy) is 1. The minimum absolute atomic E-state index is 0.129. The van der Waals surface area contributed by atoms with Crippen molar-refractivity contribution in [2.24, 2.45) is 10.7 Å². The Morgan fingerprint density at radius 1 is 1.24 bits per heavy atom. The number of amidine groups is 1. The average molecular weight is 398 g/mol. The Hall–Kier alpha value is -3.55. The summed E-state index contributed by atoms with van der Waals surface area (Å²) in [5.41, 5.74) is 7.28. The molecule has 0 saturated carbocycles. The van der Waals surface area contributed by atoms with Crippen molar-refractivity contribution in [2.75, 3.05) is 5.32 Å². The number of primary amides is 1. The minimum atomic E-state index is -3.39. The molecular formula is C21H20F2N4O2. The van der Waals surface area contributed by atoms with E-state index in [9.17, 15) is 13.6 Å². The molecule has 29 heavy (non-hydrogen) atoms. The Morgan fingerprint density at radius 2 is 2.00 bits per heavy atom. The van der Waals surface area contributed by atoms with Gasteiger partial charge in [0.15, 0.2) is 0 Å². The van der Waals surface area contributed by atoms with Crippen LogP contribution in [-0.4, -0.2) is 22.8 Å². The maximum Gasteiger partial charge on any atom is 0.394 e. The van der Waals surface area contributed by atoms with Crippen LogP contribution >= 0.6 is 0 Å². The molecule has 0 fully saturated rings. The first-order chi connectivity index (χ1) is 13.6. The van der Waals surface area contributed by atoms with Gasteiger partial charge in [-0.3, -0.25) is 9.78 Å². The van der Waals surface area contributed by atoms with E-state index >= 15 is 0 Å². The quantitative estimate of drug-likeness (QED) is 0.477. The molecule has 150 valence electrons. The number of anilines is 1. The Labute approximate surface area is 166 Å². The Bertz CT molecular complexity index is 1110. The van der Waals surface area contributed by atoms with Crippen molar-refractivity contribution in [2.45, 2.75) is 26.9 Å². The molecule has 8 heteroatoms. The highest BCUT2D eigenvalue weighted by Gasteiger charge is 2.25. The number of pyridine rings is 1. The summed E-state index contributed by atoms with van der Waals surface area (Å²) in [6.07, 6.45) is 0.0201. The highest BCUT2D eigenvalue weighted by atomic mass is 19.3. The third-order valence-corrected chi connectivity index (χ3v) is 4.14. The second-order valence-corrected chi connectivity index (χ2v) is 6.64. The Balaban J connectivity index is 2.02. The molecule has 0 bridgehead atoms. The first kappa shape index (κ1) is 20.2. The Morgan fingerprint density at radius 3 is 2.69 bits per heavy atom. The number of carbonyl (C=O) groups excluding carboxylic acids is 1. The topological polar surface area (TPSA) is 89.6 Å². The number of nitrogens with zero attached hydrogens (tertiary/aromatic N) is 2. The fraction of sp³-hybridized carbons (Fsp3) is 0.190. The van der Waals surface area contributed by atoms with Crippen molar-refractivity contribution in [3.63, 3.8) is 0 Å². The second kappa shape index (κ2) is 7.83. The van der Waals surface area contributed by atoms with Gasteiger partial charge in [-0.2, -0.15) is 8.78 Å². The lowest BCUT2D eigenvalue weighted by Gasteiger charge is -2.18. The fourth-order valence-electron chi connectivity index (χ4n) is 2.86.